The third-order valence-electron chi connectivity index (χ3n) is 3.18. The monoisotopic (exact) mass is 220 g/mol. The molecule has 0 spiro atoms. The molecule has 1 aromatic rings. The summed E-state index contributed by atoms with van der Waals surface area (Å²) in [4.78, 5) is 2.24. The zero-order chi connectivity index (χ0) is 11.5. The SMILES string of the molecule is CC(N)c1ccc(N2CCCC(O)C2)cc1. The molecule has 3 nitrogen and oxygen atoms in total. The number of piperidine rings is 1. The number of nitrogens with two attached hydrogens (primary N) is 1. The molecule has 1 aliphatic rings. The van der Waals surface area contributed by atoms with Crippen LogP contribution >= 0.6 is 0 Å². The largest absolute Gasteiger partial charge is 0.391 e. The second-order valence-corrected chi connectivity index (χ2v) is 4.62. The van der Waals surface area contributed by atoms with E-state index in [1.54, 1.807) is 0 Å². The summed E-state index contributed by atoms with van der Waals surface area (Å²) in [5, 5.41) is 9.62. The van der Waals surface area contributed by atoms with Gasteiger partial charge in [-0.05, 0) is 37.5 Å². The lowest BCUT2D eigenvalue weighted by Crippen LogP contribution is -2.38. The minimum Gasteiger partial charge on any atom is -0.391 e. The van der Waals surface area contributed by atoms with Crippen LogP contribution in [-0.4, -0.2) is 24.3 Å². The van der Waals surface area contributed by atoms with Crippen LogP contribution < -0.4 is 10.6 Å². The second-order valence-electron chi connectivity index (χ2n) is 4.62. The Morgan fingerprint density at radius 1 is 1.38 bits per heavy atom. The third kappa shape index (κ3) is 2.54. The molecule has 1 fully saturated rings. The van der Waals surface area contributed by atoms with Crippen molar-refractivity contribution in [3.8, 4) is 0 Å². The first-order chi connectivity index (χ1) is 7.66. The quantitative estimate of drug-likeness (QED) is 0.797. The number of anilines is 1. The Morgan fingerprint density at radius 3 is 2.62 bits per heavy atom. The van der Waals surface area contributed by atoms with E-state index < -0.39 is 0 Å². The molecule has 1 saturated heterocycles. The van der Waals surface area contributed by atoms with Gasteiger partial charge in [0, 0.05) is 24.8 Å². The van der Waals surface area contributed by atoms with Gasteiger partial charge < -0.3 is 15.7 Å². The number of benzene rings is 1. The van der Waals surface area contributed by atoms with E-state index in [0.29, 0.717) is 0 Å². The molecule has 1 aromatic carbocycles. The van der Waals surface area contributed by atoms with E-state index in [9.17, 15) is 5.11 Å². The van der Waals surface area contributed by atoms with Crippen molar-refractivity contribution in [2.75, 3.05) is 18.0 Å². The van der Waals surface area contributed by atoms with Gasteiger partial charge in [-0.3, -0.25) is 0 Å². The fraction of sp³-hybridized carbons (Fsp3) is 0.538. The van der Waals surface area contributed by atoms with Gasteiger partial charge in [-0.15, -0.1) is 0 Å². The van der Waals surface area contributed by atoms with Gasteiger partial charge in [0.25, 0.3) is 0 Å². The van der Waals surface area contributed by atoms with Gasteiger partial charge >= 0.3 is 0 Å². The number of rotatable bonds is 2. The molecule has 88 valence electrons. The molecule has 3 heteroatoms. The normalized spacial score (nSPS) is 23.2. The molecule has 0 saturated carbocycles. The van der Waals surface area contributed by atoms with Crippen LogP contribution in [0.25, 0.3) is 0 Å². The maximum absolute atomic E-state index is 9.62. The molecule has 2 rings (SSSR count). The van der Waals surface area contributed by atoms with Crippen molar-refractivity contribution in [3.63, 3.8) is 0 Å². The van der Waals surface area contributed by atoms with Gasteiger partial charge in [0.2, 0.25) is 0 Å². The Labute approximate surface area is 96.9 Å². The molecular weight excluding hydrogens is 200 g/mol. The molecule has 1 aliphatic heterocycles. The van der Waals surface area contributed by atoms with Crippen molar-refractivity contribution in [2.24, 2.45) is 5.73 Å². The van der Waals surface area contributed by atoms with E-state index in [0.717, 1.165) is 31.5 Å². The number of aliphatic hydroxyl groups excluding tert-OH is 1. The van der Waals surface area contributed by atoms with Crippen LogP contribution in [0.15, 0.2) is 24.3 Å². The fourth-order valence-corrected chi connectivity index (χ4v) is 2.18. The maximum atomic E-state index is 9.62. The number of nitrogens with zero attached hydrogens (tertiary/aromatic N) is 1. The summed E-state index contributed by atoms with van der Waals surface area (Å²) in [6.45, 7) is 3.77. The first-order valence-corrected chi connectivity index (χ1v) is 5.95. The molecule has 16 heavy (non-hydrogen) atoms. The molecule has 0 amide bonds. The summed E-state index contributed by atoms with van der Waals surface area (Å²) in [6.07, 6.45) is 1.81. The van der Waals surface area contributed by atoms with Crippen molar-refractivity contribution in [1.82, 2.24) is 0 Å². The number of hydrogen-bond acceptors (Lipinski definition) is 3. The van der Waals surface area contributed by atoms with Crippen LogP contribution in [0.3, 0.4) is 0 Å². The molecule has 2 atom stereocenters. The lowest BCUT2D eigenvalue weighted by molar-refractivity contribution is 0.154. The van der Waals surface area contributed by atoms with E-state index in [1.807, 2.05) is 6.92 Å². The summed E-state index contributed by atoms with van der Waals surface area (Å²) >= 11 is 0. The lowest BCUT2D eigenvalue weighted by Gasteiger charge is -2.32. The van der Waals surface area contributed by atoms with Gasteiger partial charge in [-0.1, -0.05) is 12.1 Å². The lowest BCUT2D eigenvalue weighted by atomic mass is 10.1. The topological polar surface area (TPSA) is 49.5 Å². The summed E-state index contributed by atoms with van der Waals surface area (Å²) < 4.78 is 0. The number of hydrogen-bond donors (Lipinski definition) is 2. The second kappa shape index (κ2) is 4.85. The number of β-amino-alcohol motifs (C(OH)–C–C–N with tert-alkyl or cyclic N) is 1. The first kappa shape index (κ1) is 11.4. The first-order valence-electron chi connectivity index (χ1n) is 5.95. The highest BCUT2D eigenvalue weighted by atomic mass is 16.3. The van der Waals surface area contributed by atoms with Crippen molar-refractivity contribution in [2.45, 2.75) is 31.9 Å². The summed E-state index contributed by atoms with van der Waals surface area (Å²) in [7, 11) is 0. The van der Waals surface area contributed by atoms with E-state index >= 15 is 0 Å². The van der Waals surface area contributed by atoms with Crippen molar-refractivity contribution in [1.29, 1.82) is 0 Å². The molecule has 0 bridgehead atoms. The van der Waals surface area contributed by atoms with Gasteiger partial charge in [0.1, 0.15) is 0 Å². The molecule has 1 heterocycles. The molecule has 0 radical (unpaired) electrons. The van der Waals surface area contributed by atoms with Gasteiger partial charge in [-0.25, -0.2) is 0 Å². The number of aliphatic hydroxyl groups is 1. The minimum absolute atomic E-state index is 0.0843. The Bertz CT molecular complexity index is 334. The Hall–Kier alpha value is -1.06. The standard InChI is InChI=1S/C13H20N2O/c1-10(14)11-4-6-12(7-5-11)15-8-2-3-13(16)9-15/h4-7,10,13,16H,2-3,8-9,14H2,1H3. The third-order valence-corrected chi connectivity index (χ3v) is 3.18. The van der Waals surface area contributed by atoms with Crippen molar-refractivity contribution >= 4 is 5.69 Å². The highest BCUT2D eigenvalue weighted by Crippen LogP contribution is 2.21. The average Bonchev–Trinajstić information content (AvgIpc) is 2.29. The smallest absolute Gasteiger partial charge is 0.0715 e. The zero-order valence-electron chi connectivity index (χ0n) is 9.76. The Morgan fingerprint density at radius 2 is 2.06 bits per heavy atom. The van der Waals surface area contributed by atoms with Crippen LogP contribution in [0.2, 0.25) is 0 Å². The van der Waals surface area contributed by atoms with Crippen LogP contribution in [0, 0.1) is 0 Å². The van der Waals surface area contributed by atoms with Gasteiger partial charge in [-0.2, -0.15) is 0 Å². The summed E-state index contributed by atoms with van der Waals surface area (Å²) in [6, 6.07) is 8.41. The molecular formula is C13H20N2O. The van der Waals surface area contributed by atoms with Crippen LogP contribution in [0.5, 0.6) is 0 Å². The molecule has 3 N–H and O–H groups in total. The fourth-order valence-electron chi connectivity index (χ4n) is 2.18. The van der Waals surface area contributed by atoms with Crippen molar-refractivity contribution < 1.29 is 5.11 Å². The van der Waals surface area contributed by atoms with E-state index in [-0.39, 0.29) is 12.1 Å². The van der Waals surface area contributed by atoms with Gasteiger partial charge in [0.15, 0.2) is 0 Å². The molecule has 0 aliphatic carbocycles. The van der Waals surface area contributed by atoms with Crippen LogP contribution in [0.4, 0.5) is 5.69 Å². The summed E-state index contributed by atoms with van der Waals surface area (Å²) in [5.74, 6) is 0. The van der Waals surface area contributed by atoms with Crippen molar-refractivity contribution in [3.05, 3.63) is 29.8 Å². The Kier molecular flexibility index (Phi) is 3.46. The average molecular weight is 220 g/mol. The molecule has 0 aromatic heterocycles. The van der Waals surface area contributed by atoms with E-state index in [4.69, 9.17) is 5.73 Å². The minimum atomic E-state index is -0.179. The van der Waals surface area contributed by atoms with E-state index in [2.05, 4.69) is 29.2 Å². The van der Waals surface area contributed by atoms with Crippen LogP contribution in [-0.2, 0) is 0 Å². The van der Waals surface area contributed by atoms with Gasteiger partial charge in [0.05, 0.1) is 6.10 Å². The highest BCUT2D eigenvalue weighted by molar-refractivity contribution is 5.48. The van der Waals surface area contributed by atoms with Crippen LogP contribution in [0.1, 0.15) is 31.4 Å². The molecule has 2 unspecified atom stereocenters. The zero-order valence-corrected chi connectivity index (χ0v) is 9.76. The van der Waals surface area contributed by atoms with E-state index in [1.165, 1.54) is 5.69 Å². The maximum Gasteiger partial charge on any atom is 0.0715 e. The Balaban J connectivity index is 2.09. The highest BCUT2D eigenvalue weighted by Gasteiger charge is 2.17. The predicted octanol–water partition coefficient (Wildman–Crippen LogP) is 1.67. The predicted molar refractivity (Wildman–Crippen MR) is 66.5 cm³/mol. The summed E-state index contributed by atoms with van der Waals surface area (Å²) in [5.41, 5.74) is 8.15.